The van der Waals surface area contributed by atoms with Crippen LogP contribution in [0, 0.1) is 6.92 Å². The van der Waals surface area contributed by atoms with Gasteiger partial charge in [0, 0.05) is 17.3 Å². The maximum Gasteiger partial charge on any atom is 0.251 e. The van der Waals surface area contributed by atoms with Crippen LogP contribution in [0.2, 0.25) is 0 Å². The molecule has 2 aromatic rings. The summed E-state index contributed by atoms with van der Waals surface area (Å²) in [4.78, 5) is 40.9. The highest BCUT2D eigenvalue weighted by molar-refractivity contribution is 6.06. The minimum atomic E-state index is -1.08. The summed E-state index contributed by atoms with van der Waals surface area (Å²) >= 11 is 0. The molecule has 1 aliphatic carbocycles. The number of benzene rings is 2. The van der Waals surface area contributed by atoms with Gasteiger partial charge in [0.2, 0.25) is 11.8 Å². The fourth-order valence-electron chi connectivity index (χ4n) is 4.16. The summed E-state index contributed by atoms with van der Waals surface area (Å²) in [6.45, 7) is 5.48. The molecule has 0 bridgehead atoms. The van der Waals surface area contributed by atoms with Gasteiger partial charge in [-0.3, -0.25) is 19.3 Å². The zero-order valence-corrected chi connectivity index (χ0v) is 19.2. The van der Waals surface area contributed by atoms with Crippen LogP contribution in [0.4, 0.5) is 5.69 Å². The molecule has 0 heterocycles. The van der Waals surface area contributed by atoms with Crippen molar-refractivity contribution in [2.45, 2.75) is 64.5 Å². The van der Waals surface area contributed by atoms with Crippen molar-refractivity contribution in [2.75, 3.05) is 11.4 Å². The molecule has 3 rings (SSSR count). The lowest BCUT2D eigenvalue weighted by molar-refractivity contribution is -0.130. The fourth-order valence-corrected chi connectivity index (χ4v) is 4.16. The number of carbonyl (C=O) groups is 3. The molecule has 0 saturated heterocycles. The van der Waals surface area contributed by atoms with Gasteiger partial charge in [-0.1, -0.05) is 55.7 Å². The van der Waals surface area contributed by atoms with Crippen LogP contribution in [0.25, 0.3) is 0 Å². The van der Waals surface area contributed by atoms with Crippen molar-refractivity contribution in [3.8, 4) is 0 Å². The highest BCUT2D eigenvalue weighted by atomic mass is 16.2. The second-order valence-corrected chi connectivity index (χ2v) is 8.70. The van der Waals surface area contributed by atoms with Gasteiger partial charge in [-0.15, -0.1) is 0 Å². The number of hydrogen-bond donors (Lipinski definition) is 2. The molecule has 1 fully saturated rings. The zero-order valence-electron chi connectivity index (χ0n) is 19.2. The van der Waals surface area contributed by atoms with Gasteiger partial charge in [0.1, 0.15) is 5.54 Å². The molecule has 170 valence electrons. The molecule has 1 atom stereocenters. The third-order valence-corrected chi connectivity index (χ3v) is 6.34. The summed E-state index contributed by atoms with van der Waals surface area (Å²) < 4.78 is 0. The molecule has 1 saturated carbocycles. The fraction of sp³-hybridized carbons (Fsp3) is 0.423. The van der Waals surface area contributed by atoms with Crippen molar-refractivity contribution in [3.63, 3.8) is 0 Å². The number of carbonyl (C=O) groups excluding carboxylic acids is 3. The molecule has 32 heavy (non-hydrogen) atoms. The van der Waals surface area contributed by atoms with Gasteiger partial charge in [0.25, 0.3) is 5.91 Å². The van der Waals surface area contributed by atoms with E-state index in [0.717, 1.165) is 31.2 Å². The van der Waals surface area contributed by atoms with Gasteiger partial charge in [-0.2, -0.15) is 0 Å². The van der Waals surface area contributed by atoms with E-state index in [1.807, 2.05) is 44.2 Å². The minimum absolute atomic E-state index is 0.154. The predicted molar refractivity (Wildman–Crippen MR) is 127 cm³/mol. The van der Waals surface area contributed by atoms with Crippen molar-refractivity contribution in [1.82, 2.24) is 10.6 Å². The Morgan fingerprint density at radius 2 is 1.62 bits per heavy atom. The van der Waals surface area contributed by atoms with E-state index in [1.54, 1.807) is 36.1 Å². The molecule has 0 spiro atoms. The molecular formula is C26H33N3O3. The third kappa shape index (κ3) is 5.36. The standard InChI is InChI=1S/C26H33N3O3/c1-4-26(3,25(32)28-21-12-8-9-13-21)29(22-16-14-19(2)15-17-22)23(30)18-27-24(31)20-10-6-5-7-11-20/h5-7,10-11,14-17,21H,4,8-9,12-13,18H2,1-3H3,(H,27,31)(H,28,32)/t26-/m1/s1. The topological polar surface area (TPSA) is 78.5 Å². The molecule has 6 heteroatoms. The van der Waals surface area contributed by atoms with Crippen LogP contribution in [0.15, 0.2) is 54.6 Å². The summed E-state index contributed by atoms with van der Waals surface area (Å²) in [7, 11) is 0. The maximum atomic E-state index is 13.4. The summed E-state index contributed by atoms with van der Waals surface area (Å²) in [5, 5.41) is 5.86. The van der Waals surface area contributed by atoms with Crippen molar-refractivity contribution < 1.29 is 14.4 Å². The molecule has 2 N–H and O–H groups in total. The lowest BCUT2D eigenvalue weighted by Crippen LogP contribution is -2.61. The van der Waals surface area contributed by atoms with E-state index in [-0.39, 0.29) is 30.3 Å². The molecule has 6 nitrogen and oxygen atoms in total. The first-order chi connectivity index (χ1) is 15.3. The number of aryl methyl sites for hydroxylation is 1. The van der Waals surface area contributed by atoms with E-state index in [0.29, 0.717) is 17.7 Å². The second-order valence-electron chi connectivity index (χ2n) is 8.70. The summed E-state index contributed by atoms with van der Waals surface area (Å²) in [6, 6.07) is 16.5. The normalized spacial score (nSPS) is 15.6. The Balaban J connectivity index is 1.84. The Morgan fingerprint density at radius 3 is 2.22 bits per heavy atom. The summed E-state index contributed by atoms with van der Waals surface area (Å²) in [5.74, 6) is -0.810. The molecule has 2 aromatic carbocycles. The Hall–Kier alpha value is -3.15. The van der Waals surface area contributed by atoms with Crippen LogP contribution in [0.1, 0.15) is 61.9 Å². The molecule has 0 unspecified atom stereocenters. The predicted octanol–water partition coefficient (Wildman–Crippen LogP) is 3.99. The number of anilines is 1. The average molecular weight is 436 g/mol. The molecule has 1 aliphatic rings. The van der Waals surface area contributed by atoms with Crippen molar-refractivity contribution in [1.29, 1.82) is 0 Å². The SMILES string of the molecule is CC[C@](C)(C(=O)NC1CCCC1)N(C(=O)CNC(=O)c1ccccc1)c1ccc(C)cc1. The van der Waals surface area contributed by atoms with E-state index >= 15 is 0 Å². The van der Waals surface area contributed by atoms with Crippen molar-refractivity contribution in [2.24, 2.45) is 0 Å². The smallest absolute Gasteiger partial charge is 0.251 e. The lowest BCUT2D eigenvalue weighted by atomic mass is 9.93. The van der Waals surface area contributed by atoms with E-state index < -0.39 is 5.54 Å². The lowest BCUT2D eigenvalue weighted by Gasteiger charge is -2.40. The van der Waals surface area contributed by atoms with Crippen LogP contribution >= 0.6 is 0 Å². The van der Waals surface area contributed by atoms with E-state index in [2.05, 4.69) is 10.6 Å². The zero-order chi connectivity index (χ0) is 23.1. The summed E-state index contributed by atoms with van der Waals surface area (Å²) in [5.41, 5.74) is 1.11. The highest BCUT2D eigenvalue weighted by Crippen LogP contribution is 2.29. The number of nitrogens with zero attached hydrogens (tertiary/aromatic N) is 1. The van der Waals surface area contributed by atoms with Gasteiger partial charge in [-0.05, 0) is 57.4 Å². The molecule has 0 aromatic heterocycles. The highest BCUT2D eigenvalue weighted by Gasteiger charge is 2.42. The number of rotatable bonds is 8. The number of amides is 3. The molecule has 3 amide bonds. The Morgan fingerprint density at radius 1 is 1.00 bits per heavy atom. The molecule has 0 aliphatic heterocycles. The Labute approximate surface area is 190 Å². The summed E-state index contributed by atoms with van der Waals surface area (Å²) in [6.07, 6.45) is 4.60. The molecule has 0 radical (unpaired) electrons. The first-order valence-electron chi connectivity index (χ1n) is 11.4. The first kappa shape index (κ1) is 23.5. The largest absolute Gasteiger partial charge is 0.351 e. The van der Waals surface area contributed by atoms with Crippen molar-refractivity contribution >= 4 is 23.4 Å². The number of nitrogens with one attached hydrogen (secondary N) is 2. The van der Waals surface area contributed by atoms with Crippen LogP contribution < -0.4 is 15.5 Å². The van der Waals surface area contributed by atoms with Crippen molar-refractivity contribution in [3.05, 3.63) is 65.7 Å². The average Bonchev–Trinajstić information content (AvgIpc) is 3.32. The van der Waals surface area contributed by atoms with E-state index in [4.69, 9.17) is 0 Å². The van der Waals surface area contributed by atoms with Gasteiger partial charge < -0.3 is 10.6 Å². The maximum absolute atomic E-state index is 13.4. The third-order valence-electron chi connectivity index (χ3n) is 6.34. The van der Waals surface area contributed by atoms with Gasteiger partial charge in [-0.25, -0.2) is 0 Å². The first-order valence-corrected chi connectivity index (χ1v) is 11.4. The van der Waals surface area contributed by atoms with Gasteiger partial charge in [0.15, 0.2) is 0 Å². The minimum Gasteiger partial charge on any atom is -0.351 e. The molecular weight excluding hydrogens is 402 g/mol. The Bertz CT molecular complexity index is 937. The van der Waals surface area contributed by atoms with Crippen LogP contribution in [0.3, 0.4) is 0 Å². The van der Waals surface area contributed by atoms with E-state index in [9.17, 15) is 14.4 Å². The Kier molecular flexibility index (Phi) is 7.67. The van der Waals surface area contributed by atoms with Crippen LogP contribution in [0.5, 0.6) is 0 Å². The van der Waals surface area contributed by atoms with Gasteiger partial charge in [0.05, 0.1) is 6.54 Å². The quantitative estimate of drug-likeness (QED) is 0.658. The second kappa shape index (κ2) is 10.4. The van der Waals surface area contributed by atoms with Gasteiger partial charge >= 0.3 is 0 Å². The number of hydrogen-bond acceptors (Lipinski definition) is 3. The van der Waals surface area contributed by atoms with E-state index in [1.165, 1.54) is 0 Å². The van der Waals surface area contributed by atoms with Crippen LogP contribution in [-0.4, -0.2) is 35.8 Å². The monoisotopic (exact) mass is 435 g/mol. The van der Waals surface area contributed by atoms with Crippen LogP contribution in [-0.2, 0) is 9.59 Å².